The summed E-state index contributed by atoms with van der Waals surface area (Å²) in [5.74, 6) is 1.01. The van der Waals surface area contributed by atoms with Gasteiger partial charge in [0.25, 0.3) is 0 Å². The molecule has 1 N–H and O–H groups in total. The van der Waals surface area contributed by atoms with Crippen LogP contribution >= 0.6 is 11.3 Å². The highest BCUT2D eigenvalue weighted by Crippen LogP contribution is 2.17. The zero-order valence-corrected chi connectivity index (χ0v) is 14.0. The molecule has 1 amide bonds. The molecular formula is C16H17N5O2S. The zero-order valence-electron chi connectivity index (χ0n) is 13.2. The highest BCUT2D eigenvalue weighted by Gasteiger charge is 2.10. The van der Waals surface area contributed by atoms with Crippen LogP contribution in [0.2, 0.25) is 0 Å². The molecule has 0 bridgehead atoms. The third-order valence-electron chi connectivity index (χ3n) is 3.31. The maximum Gasteiger partial charge on any atom is 0.226 e. The fourth-order valence-electron chi connectivity index (χ4n) is 2.09. The van der Waals surface area contributed by atoms with E-state index in [4.69, 9.17) is 4.52 Å². The highest BCUT2D eigenvalue weighted by atomic mass is 32.1. The molecule has 8 heteroatoms. The minimum absolute atomic E-state index is 0.0865. The molecule has 2 aromatic heterocycles. The van der Waals surface area contributed by atoms with Crippen molar-refractivity contribution in [3.05, 3.63) is 41.2 Å². The molecule has 0 saturated carbocycles. The molecule has 0 radical (unpaired) electrons. The number of anilines is 1. The molecule has 2 heterocycles. The Balaban J connectivity index is 1.46. The van der Waals surface area contributed by atoms with Crippen LogP contribution in [0.1, 0.15) is 30.7 Å². The highest BCUT2D eigenvalue weighted by molar-refractivity contribution is 7.15. The van der Waals surface area contributed by atoms with Gasteiger partial charge in [0.15, 0.2) is 0 Å². The van der Waals surface area contributed by atoms with Crippen molar-refractivity contribution < 1.29 is 9.32 Å². The Morgan fingerprint density at radius 3 is 2.83 bits per heavy atom. The maximum absolute atomic E-state index is 11.9. The van der Waals surface area contributed by atoms with Crippen LogP contribution in [-0.2, 0) is 17.6 Å². The standard InChI is InChI=1S/C16H17N5O2S/c1-2-14-19-20-16(24-14)17-12(22)9-6-10-13-18-15(21-23-13)11-7-4-3-5-8-11/h3-5,7-8H,2,6,9-10H2,1H3,(H,17,20,22). The molecule has 0 aliphatic heterocycles. The van der Waals surface area contributed by atoms with Crippen LogP contribution in [0, 0.1) is 0 Å². The average Bonchev–Trinajstić information content (AvgIpc) is 3.25. The lowest BCUT2D eigenvalue weighted by Gasteiger charge is -1.99. The summed E-state index contributed by atoms with van der Waals surface area (Å²) in [5.41, 5.74) is 0.910. The van der Waals surface area contributed by atoms with E-state index in [1.807, 2.05) is 37.3 Å². The van der Waals surface area contributed by atoms with E-state index in [9.17, 15) is 4.79 Å². The Labute approximate surface area is 143 Å². The van der Waals surface area contributed by atoms with Gasteiger partial charge in [0.1, 0.15) is 5.01 Å². The van der Waals surface area contributed by atoms with E-state index in [0.717, 1.165) is 17.0 Å². The fraction of sp³-hybridized carbons (Fsp3) is 0.312. The van der Waals surface area contributed by atoms with Gasteiger partial charge in [0.05, 0.1) is 0 Å². The van der Waals surface area contributed by atoms with Crippen LogP contribution in [0.3, 0.4) is 0 Å². The zero-order chi connectivity index (χ0) is 16.8. The monoisotopic (exact) mass is 343 g/mol. The van der Waals surface area contributed by atoms with Gasteiger partial charge in [0.2, 0.25) is 22.8 Å². The van der Waals surface area contributed by atoms with Crippen molar-refractivity contribution in [2.24, 2.45) is 0 Å². The molecule has 0 fully saturated rings. The molecule has 7 nitrogen and oxygen atoms in total. The number of aromatic nitrogens is 4. The van der Waals surface area contributed by atoms with Crippen molar-refractivity contribution in [2.45, 2.75) is 32.6 Å². The van der Waals surface area contributed by atoms with Gasteiger partial charge in [-0.05, 0) is 12.8 Å². The van der Waals surface area contributed by atoms with Gasteiger partial charge in [-0.2, -0.15) is 4.98 Å². The van der Waals surface area contributed by atoms with E-state index >= 15 is 0 Å². The number of benzene rings is 1. The Bertz CT molecular complexity index is 800. The number of nitrogens with one attached hydrogen (secondary N) is 1. The Morgan fingerprint density at radius 2 is 2.08 bits per heavy atom. The lowest BCUT2D eigenvalue weighted by atomic mass is 10.2. The summed E-state index contributed by atoms with van der Waals surface area (Å²) in [7, 11) is 0. The van der Waals surface area contributed by atoms with Gasteiger partial charge < -0.3 is 9.84 Å². The molecule has 0 atom stereocenters. The normalized spacial score (nSPS) is 10.7. The van der Waals surface area contributed by atoms with Crippen LogP contribution in [0.15, 0.2) is 34.9 Å². The van der Waals surface area contributed by atoms with Gasteiger partial charge in [-0.3, -0.25) is 4.79 Å². The number of amides is 1. The summed E-state index contributed by atoms with van der Waals surface area (Å²) in [6.07, 6.45) is 2.36. The van der Waals surface area contributed by atoms with Crippen molar-refractivity contribution in [1.29, 1.82) is 0 Å². The molecule has 3 rings (SSSR count). The Morgan fingerprint density at radius 1 is 1.25 bits per heavy atom. The molecule has 0 aliphatic carbocycles. The van der Waals surface area contributed by atoms with Crippen LogP contribution in [0.5, 0.6) is 0 Å². The predicted octanol–water partition coefficient (Wildman–Crippen LogP) is 3.11. The van der Waals surface area contributed by atoms with Crippen molar-refractivity contribution in [3.63, 3.8) is 0 Å². The third kappa shape index (κ3) is 4.23. The summed E-state index contributed by atoms with van der Waals surface area (Å²) in [6, 6.07) is 9.63. The summed E-state index contributed by atoms with van der Waals surface area (Å²) in [6.45, 7) is 2.00. The molecule has 0 unspecified atom stereocenters. The lowest BCUT2D eigenvalue weighted by molar-refractivity contribution is -0.116. The molecule has 0 spiro atoms. The number of hydrogen-bond acceptors (Lipinski definition) is 7. The van der Waals surface area contributed by atoms with Crippen LogP contribution in [0.4, 0.5) is 5.13 Å². The van der Waals surface area contributed by atoms with Crippen molar-refractivity contribution in [3.8, 4) is 11.4 Å². The minimum Gasteiger partial charge on any atom is -0.339 e. The first-order chi connectivity index (χ1) is 11.7. The second kappa shape index (κ2) is 7.78. The van der Waals surface area contributed by atoms with Crippen LogP contribution in [-0.4, -0.2) is 26.2 Å². The first kappa shape index (κ1) is 16.3. The maximum atomic E-state index is 11.9. The van der Waals surface area contributed by atoms with Crippen molar-refractivity contribution in [2.75, 3.05) is 5.32 Å². The minimum atomic E-state index is -0.0865. The number of hydrogen-bond donors (Lipinski definition) is 1. The summed E-state index contributed by atoms with van der Waals surface area (Å²) in [4.78, 5) is 16.2. The first-order valence-corrected chi connectivity index (χ1v) is 8.56. The van der Waals surface area contributed by atoms with E-state index < -0.39 is 0 Å². The van der Waals surface area contributed by atoms with Crippen LogP contribution in [0.25, 0.3) is 11.4 Å². The van der Waals surface area contributed by atoms with Gasteiger partial charge in [-0.25, -0.2) is 0 Å². The number of aryl methyl sites for hydroxylation is 2. The van der Waals surface area contributed by atoms with E-state index in [1.54, 1.807) is 0 Å². The van der Waals surface area contributed by atoms with E-state index in [0.29, 0.717) is 36.1 Å². The predicted molar refractivity (Wildman–Crippen MR) is 90.6 cm³/mol. The SMILES string of the molecule is CCc1nnc(NC(=O)CCCc2nc(-c3ccccc3)no2)s1. The molecule has 1 aromatic carbocycles. The topological polar surface area (TPSA) is 93.8 Å². The average molecular weight is 343 g/mol. The summed E-state index contributed by atoms with van der Waals surface area (Å²) >= 11 is 1.40. The fourth-order valence-corrected chi connectivity index (χ4v) is 2.79. The quantitative estimate of drug-likeness (QED) is 0.708. The second-order valence-corrected chi connectivity index (χ2v) is 6.20. The molecule has 0 saturated heterocycles. The van der Waals surface area contributed by atoms with Gasteiger partial charge in [-0.15, -0.1) is 10.2 Å². The Kier molecular flexibility index (Phi) is 5.27. The van der Waals surface area contributed by atoms with Crippen molar-refractivity contribution in [1.82, 2.24) is 20.3 Å². The first-order valence-electron chi connectivity index (χ1n) is 7.75. The largest absolute Gasteiger partial charge is 0.339 e. The molecule has 24 heavy (non-hydrogen) atoms. The van der Waals surface area contributed by atoms with Gasteiger partial charge >= 0.3 is 0 Å². The van der Waals surface area contributed by atoms with E-state index in [-0.39, 0.29) is 5.91 Å². The Hall–Kier alpha value is -2.61. The third-order valence-corrected chi connectivity index (χ3v) is 4.29. The number of carbonyl (C=O) groups excluding carboxylic acids is 1. The van der Waals surface area contributed by atoms with Gasteiger partial charge in [0, 0.05) is 18.4 Å². The number of carbonyl (C=O) groups is 1. The lowest BCUT2D eigenvalue weighted by Crippen LogP contribution is -2.11. The second-order valence-electron chi connectivity index (χ2n) is 5.13. The number of nitrogens with zero attached hydrogens (tertiary/aromatic N) is 4. The molecular weight excluding hydrogens is 326 g/mol. The summed E-state index contributed by atoms with van der Waals surface area (Å²) < 4.78 is 5.22. The van der Waals surface area contributed by atoms with Gasteiger partial charge in [-0.1, -0.05) is 53.7 Å². The smallest absolute Gasteiger partial charge is 0.226 e. The molecule has 3 aromatic rings. The van der Waals surface area contributed by atoms with Crippen molar-refractivity contribution >= 4 is 22.4 Å². The molecule has 124 valence electrons. The van der Waals surface area contributed by atoms with Crippen LogP contribution < -0.4 is 5.32 Å². The number of rotatable bonds is 7. The summed E-state index contributed by atoms with van der Waals surface area (Å²) in [5, 5.41) is 16.1. The van der Waals surface area contributed by atoms with E-state index in [2.05, 4.69) is 25.7 Å². The molecule has 0 aliphatic rings. The van der Waals surface area contributed by atoms with E-state index in [1.165, 1.54) is 11.3 Å².